The zero-order chi connectivity index (χ0) is 16.7. The van der Waals surface area contributed by atoms with E-state index in [1.807, 2.05) is 6.07 Å². The molecule has 24 heavy (non-hydrogen) atoms. The number of hydrogen-bond acceptors (Lipinski definition) is 6. The number of amides is 1. The number of fused-ring (bicyclic) bond motifs is 1. The van der Waals surface area contributed by atoms with E-state index in [2.05, 4.69) is 20.5 Å². The van der Waals surface area contributed by atoms with E-state index in [1.54, 1.807) is 26.4 Å². The van der Waals surface area contributed by atoms with Gasteiger partial charge in [-0.1, -0.05) is 11.3 Å². The largest absolute Gasteiger partial charge is 0.497 e. The third-order valence-corrected chi connectivity index (χ3v) is 4.95. The molecule has 0 aliphatic heterocycles. The van der Waals surface area contributed by atoms with Crippen molar-refractivity contribution in [2.75, 3.05) is 19.5 Å². The molecule has 0 radical (unpaired) electrons. The smallest absolute Gasteiger partial charge is 0.273 e. The number of anilines is 1. The molecule has 0 bridgehead atoms. The van der Waals surface area contributed by atoms with Crippen LogP contribution in [0.1, 0.15) is 34.3 Å². The number of nitrogens with one attached hydrogen (secondary N) is 2. The molecule has 1 fully saturated rings. The van der Waals surface area contributed by atoms with Crippen molar-refractivity contribution >= 4 is 33.3 Å². The molecule has 2 N–H and O–H groups in total. The molecule has 0 unspecified atom stereocenters. The van der Waals surface area contributed by atoms with Crippen molar-refractivity contribution in [3.8, 4) is 11.5 Å². The van der Waals surface area contributed by atoms with Crippen LogP contribution < -0.4 is 14.8 Å². The summed E-state index contributed by atoms with van der Waals surface area (Å²) in [4.78, 5) is 15.5. The maximum absolute atomic E-state index is 12.5. The Bertz CT molecular complexity index is 913. The van der Waals surface area contributed by atoms with Crippen molar-refractivity contribution in [2.45, 2.75) is 18.8 Å². The van der Waals surface area contributed by atoms with Gasteiger partial charge in [-0.25, -0.2) is 0 Å². The number of methoxy groups -OCH3 is 2. The summed E-state index contributed by atoms with van der Waals surface area (Å²) in [5.74, 6) is 1.56. The normalized spacial score (nSPS) is 13.9. The molecule has 2 heterocycles. The summed E-state index contributed by atoms with van der Waals surface area (Å²) in [6.07, 6.45) is 2.32. The lowest BCUT2D eigenvalue weighted by Crippen LogP contribution is -2.11. The first kappa shape index (κ1) is 14.9. The van der Waals surface area contributed by atoms with E-state index >= 15 is 0 Å². The minimum absolute atomic E-state index is 0.259. The predicted molar refractivity (Wildman–Crippen MR) is 91.2 cm³/mol. The zero-order valence-corrected chi connectivity index (χ0v) is 14.1. The number of carbonyl (C=O) groups is 1. The van der Waals surface area contributed by atoms with Gasteiger partial charge in [0.25, 0.3) is 5.91 Å². The third-order valence-electron chi connectivity index (χ3n) is 3.95. The Labute approximate surface area is 142 Å². The van der Waals surface area contributed by atoms with Gasteiger partial charge in [0.2, 0.25) is 5.13 Å². The topological polar surface area (TPSA) is 89.1 Å². The van der Waals surface area contributed by atoms with Crippen LogP contribution in [0.5, 0.6) is 11.5 Å². The second-order valence-corrected chi connectivity index (χ2v) is 6.66. The lowest BCUT2D eigenvalue weighted by Gasteiger charge is -2.05. The number of H-pyrrole nitrogens is 1. The summed E-state index contributed by atoms with van der Waals surface area (Å²) in [6.45, 7) is 0. The number of benzene rings is 1. The standard InChI is InChI=1S/C16H16N4O3S/c1-22-10-5-9-6-11(17-13(9)12(7-10)23-2)14(21)18-16-20-19-15(24-16)8-3-4-8/h5-8,17H,3-4H2,1-2H3,(H,18,20,21). The Morgan fingerprint density at radius 3 is 2.79 bits per heavy atom. The van der Waals surface area contributed by atoms with E-state index in [0.717, 1.165) is 28.8 Å². The highest BCUT2D eigenvalue weighted by atomic mass is 32.1. The molecule has 2 aromatic heterocycles. The van der Waals surface area contributed by atoms with Crippen molar-refractivity contribution in [3.05, 3.63) is 28.9 Å². The summed E-state index contributed by atoms with van der Waals surface area (Å²) >= 11 is 1.43. The van der Waals surface area contributed by atoms with Crippen molar-refractivity contribution in [2.24, 2.45) is 0 Å². The molecule has 1 saturated carbocycles. The van der Waals surface area contributed by atoms with Crippen molar-refractivity contribution < 1.29 is 14.3 Å². The van der Waals surface area contributed by atoms with Crippen molar-refractivity contribution in [1.82, 2.24) is 15.2 Å². The monoisotopic (exact) mass is 344 g/mol. The van der Waals surface area contributed by atoms with Crippen LogP contribution in [0.2, 0.25) is 0 Å². The highest BCUT2D eigenvalue weighted by Crippen LogP contribution is 2.42. The molecule has 3 aromatic rings. The van der Waals surface area contributed by atoms with Gasteiger partial charge in [-0.2, -0.15) is 0 Å². The van der Waals surface area contributed by atoms with E-state index in [-0.39, 0.29) is 5.91 Å². The highest BCUT2D eigenvalue weighted by Gasteiger charge is 2.28. The van der Waals surface area contributed by atoms with Crippen molar-refractivity contribution in [3.63, 3.8) is 0 Å². The molecule has 4 rings (SSSR count). The van der Waals surface area contributed by atoms with Gasteiger partial charge in [0.1, 0.15) is 22.2 Å². The number of nitrogens with zero attached hydrogens (tertiary/aromatic N) is 2. The van der Waals surface area contributed by atoms with Crippen LogP contribution >= 0.6 is 11.3 Å². The Hall–Kier alpha value is -2.61. The molecule has 0 saturated heterocycles. The minimum Gasteiger partial charge on any atom is -0.497 e. The van der Waals surface area contributed by atoms with E-state index in [4.69, 9.17) is 9.47 Å². The third kappa shape index (κ3) is 2.69. The van der Waals surface area contributed by atoms with Crippen LogP contribution in [0.15, 0.2) is 18.2 Å². The molecule has 1 aliphatic rings. The molecule has 1 aromatic carbocycles. The summed E-state index contributed by atoms with van der Waals surface area (Å²) in [5.41, 5.74) is 1.18. The van der Waals surface area contributed by atoms with Crippen LogP contribution in [0.25, 0.3) is 10.9 Å². The fraction of sp³-hybridized carbons (Fsp3) is 0.312. The maximum Gasteiger partial charge on any atom is 0.273 e. The molecular formula is C16H16N4O3S. The van der Waals surface area contributed by atoms with Gasteiger partial charge in [-0.15, -0.1) is 10.2 Å². The molecule has 124 valence electrons. The first-order valence-electron chi connectivity index (χ1n) is 7.57. The van der Waals surface area contributed by atoms with Crippen LogP contribution in [0.3, 0.4) is 0 Å². The lowest BCUT2D eigenvalue weighted by molar-refractivity contribution is 0.102. The first-order chi connectivity index (χ1) is 11.7. The van der Waals surface area contributed by atoms with Gasteiger partial charge < -0.3 is 14.5 Å². The lowest BCUT2D eigenvalue weighted by atomic mass is 10.2. The van der Waals surface area contributed by atoms with Crippen molar-refractivity contribution in [1.29, 1.82) is 0 Å². The number of rotatable bonds is 5. The average molecular weight is 344 g/mol. The van der Waals surface area contributed by atoms with E-state index in [0.29, 0.717) is 28.2 Å². The number of ether oxygens (including phenoxy) is 2. The van der Waals surface area contributed by atoms with E-state index in [9.17, 15) is 4.79 Å². The fourth-order valence-corrected chi connectivity index (χ4v) is 3.44. The molecule has 1 aliphatic carbocycles. The first-order valence-corrected chi connectivity index (χ1v) is 8.39. The summed E-state index contributed by atoms with van der Waals surface area (Å²) in [7, 11) is 3.17. The van der Waals surface area contributed by atoms with Gasteiger partial charge in [-0.05, 0) is 25.0 Å². The second kappa shape index (κ2) is 5.79. The molecule has 0 atom stereocenters. The fourth-order valence-electron chi connectivity index (χ4n) is 2.53. The Kier molecular flexibility index (Phi) is 3.61. The minimum atomic E-state index is -0.259. The van der Waals surface area contributed by atoms with Gasteiger partial charge >= 0.3 is 0 Å². The van der Waals surface area contributed by atoms with Gasteiger partial charge in [0.05, 0.1) is 19.7 Å². The average Bonchev–Trinajstić information content (AvgIpc) is 3.18. The molecule has 1 amide bonds. The number of aromatic amines is 1. The molecule has 7 nitrogen and oxygen atoms in total. The maximum atomic E-state index is 12.5. The van der Waals surface area contributed by atoms with Crippen LogP contribution in [-0.2, 0) is 0 Å². The summed E-state index contributed by atoms with van der Waals surface area (Å²) in [6, 6.07) is 5.38. The Morgan fingerprint density at radius 2 is 2.08 bits per heavy atom. The quantitative estimate of drug-likeness (QED) is 0.742. The second-order valence-electron chi connectivity index (χ2n) is 5.65. The molecule has 0 spiro atoms. The Balaban J connectivity index is 1.61. The number of carbonyl (C=O) groups excluding carboxylic acids is 1. The summed E-state index contributed by atoms with van der Waals surface area (Å²) < 4.78 is 10.6. The predicted octanol–water partition coefficient (Wildman–Crippen LogP) is 3.17. The van der Waals surface area contributed by atoms with Crippen LogP contribution in [0, 0.1) is 0 Å². The zero-order valence-electron chi connectivity index (χ0n) is 13.3. The number of hydrogen-bond donors (Lipinski definition) is 2. The van der Waals surface area contributed by atoms with Crippen LogP contribution in [-0.4, -0.2) is 35.3 Å². The molecule has 8 heteroatoms. The highest BCUT2D eigenvalue weighted by molar-refractivity contribution is 7.15. The number of aromatic nitrogens is 3. The Morgan fingerprint density at radius 1 is 1.25 bits per heavy atom. The molecular weight excluding hydrogens is 328 g/mol. The van der Waals surface area contributed by atoms with E-state index in [1.165, 1.54) is 11.3 Å². The summed E-state index contributed by atoms with van der Waals surface area (Å²) in [5, 5.41) is 13.3. The van der Waals surface area contributed by atoms with Crippen LogP contribution in [0.4, 0.5) is 5.13 Å². The van der Waals surface area contributed by atoms with E-state index < -0.39 is 0 Å². The SMILES string of the molecule is COc1cc(OC)c2[nH]c(C(=O)Nc3nnc(C4CC4)s3)cc2c1. The van der Waals surface area contributed by atoms with Gasteiger partial charge in [-0.3, -0.25) is 10.1 Å². The van der Waals surface area contributed by atoms with Gasteiger partial charge in [0, 0.05) is 17.4 Å². The van der Waals surface area contributed by atoms with Gasteiger partial charge in [0.15, 0.2) is 0 Å².